The van der Waals surface area contributed by atoms with Crippen molar-refractivity contribution in [1.82, 2.24) is 15.3 Å². The van der Waals surface area contributed by atoms with Crippen LogP contribution in [-0.4, -0.2) is 44.6 Å². The molecule has 212 valence electrons. The number of nitrogens with zero attached hydrogens (tertiary/aromatic N) is 2. The molecule has 3 aromatic heterocycles. The van der Waals surface area contributed by atoms with Crippen LogP contribution < -0.4 is 15.4 Å². The van der Waals surface area contributed by atoms with Gasteiger partial charge in [-0.2, -0.15) is 0 Å². The van der Waals surface area contributed by atoms with Crippen molar-refractivity contribution < 1.29 is 22.0 Å². The van der Waals surface area contributed by atoms with Crippen LogP contribution in [-0.2, 0) is 10.0 Å². The number of aromatic amines is 1. The van der Waals surface area contributed by atoms with Gasteiger partial charge in [0.15, 0.2) is 0 Å². The number of carbonyl (C=O) groups is 1. The summed E-state index contributed by atoms with van der Waals surface area (Å²) in [6, 6.07) is 20.5. The molecule has 3 aromatic carbocycles. The molecule has 6 aromatic rings. The van der Waals surface area contributed by atoms with Gasteiger partial charge in [-0.1, -0.05) is 18.2 Å². The number of benzene rings is 3. The Hall–Kier alpha value is -5.16. The number of halogens is 1. The normalized spacial score (nSPS) is 11.7. The Kier molecular flexibility index (Phi) is 6.46. The number of carbonyl (C=O) groups excluding carboxylic acids is 1. The molecule has 0 aliphatic carbocycles. The van der Waals surface area contributed by atoms with Gasteiger partial charge in [-0.05, 0) is 48.5 Å². The molecule has 0 aliphatic rings. The Balaban J connectivity index is 1.63. The molecule has 3 heterocycles. The van der Waals surface area contributed by atoms with E-state index in [1.165, 1.54) is 38.4 Å². The molecule has 0 unspecified atom stereocenters. The maximum atomic E-state index is 13.7. The van der Waals surface area contributed by atoms with Crippen LogP contribution in [0.25, 0.3) is 55.6 Å². The highest BCUT2D eigenvalue weighted by molar-refractivity contribution is 7.92. The number of H-pyrrole nitrogens is 1. The maximum absolute atomic E-state index is 13.7. The summed E-state index contributed by atoms with van der Waals surface area (Å²) in [7, 11) is -0.768. The smallest absolute Gasteiger partial charge is 0.255 e. The Morgan fingerprint density at radius 3 is 2.45 bits per heavy atom. The number of hydrogen-bond acceptors (Lipinski definition) is 6. The fourth-order valence-electron chi connectivity index (χ4n) is 5.01. The van der Waals surface area contributed by atoms with E-state index in [2.05, 4.69) is 15.3 Å². The zero-order valence-electron chi connectivity index (χ0n) is 22.9. The van der Waals surface area contributed by atoms with E-state index in [4.69, 9.17) is 10.2 Å². The van der Waals surface area contributed by atoms with Crippen molar-refractivity contribution in [1.29, 1.82) is 0 Å². The van der Waals surface area contributed by atoms with Crippen molar-refractivity contribution in [2.24, 2.45) is 0 Å². The first-order chi connectivity index (χ1) is 20.0. The van der Waals surface area contributed by atoms with Gasteiger partial charge in [0, 0.05) is 64.9 Å². The molecule has 11 heteroatoms. The molecular weight excluding hydrogens is 557 g/mol. The zero-order chi connectivity index (χ0) is 29.8. The SMILES string of the molecule is CNC(=O)c1c(-c2ccc(F)cc2)oc2cc(N(C)S(C)(=O)=O)c(-c3cnc(N)c(-c4cc5ccccc5[nH]4)c3)cc12. The van der Waals surface area contributed by atoms with Crippen molar-refractivity contribution in [2.45, 2.75) is 0 Å². The molecule has 0 radical (unpaired) electrons. The molecule has 0 atom stereocenters. The largest absolute Gasteiger partial charge is 0.455 e. The van der Waals surface area contributed by atoms with Crippen LogP contribution in [0, 0.1) is 5.82 Å². The predicted molar refractivity (Wildman–Crippen MR) is 163 cm³/mol. The minimum absolute atomic E-state index is 0.226. The number of furan rings is 1. The van der Waals surface area contributed by atoms with Gasteiger partial charge in [0.05, 0.1) is 23.2 Å². The second-order valence-corrected chi connectivity index (χ2v) is 11.9. The lowest BCUT2D eigenvalue weighted by molar-refractivity contribution is 0.0964. The van der Waals surface area contributed by atoms with Gasteiger partial charge in [0.2, 0.25) is 10.0 Å². The number of para-hydroxylation sites is 1. The number of anilines is 2. The lowest BCUT2D eigenvalue weighted by Crippen LogP contribution is -2.25. The molecule has 0 spiro atoms. The lowest BCUT2D eigenvalue weighted by Gasteiger charge is -2.21. The number of amides is 1. The number of hydrogen-bond donors (Lipinski definition) is 3. The Labute approximate surface area is 240 Å². The molecule has 0 bridgehead atoms. The minimum Gasteiger partial charge on any atom is -0.455 e. The maximum Gasteiger partial charge on any atom is 0.255 e. The van der Waals surface area contributed by atoms with Crippen LogP contribution in [0.1, 0.15) is 10.4 Å². The molecule has 0 saturated heterocycles. The van der Waals surface area contributed by atoms with Crippen LogP contribution in [0.15, 0.2) is 83.4 Å². The summed E-state index contributed by atoms with van der Waals surface area (Å²) in [6.07, 6.45) is 2.66. The van der Waals surface area contributed by atoms with Crippen molar-refractivity contribution in [3.05, 3.63) is 90.4 Å². The first kappa shape index (κ1) is 27.0. The van der Waals surface area contributed by atoms with E-state index in [1.807, 2.05) is 36.4 Å². The van der Waals surface area contributed by atoms with Crippen LogP contribution in [0.3, 0.4) is 0 Å². The second kappa shape index (κ2) is 10.0. The van der Waals surface area contributed by atoms with Gasteiger partial charge >= 0.3 is 0 Å². The average Bonchev–Trinajstić information content (AvgIpc) is 3.57. The summed E-state index contributed by atoms with van der Waals surface area (Å²) in [5, 5.41) is 4.08. The number of aromatic nitrogens is 2. The summed E-state index contributed by atoms with van der Waals surface area (Å²) < 4.78 is 46.4. The summed E-state index contributed by atoms with van der Waals surface area (Å²) in [5.74, 6) is -0.337. The molecule has 0 saturated carbocycles. The van der Waals surface area contributed by atoms with Crippen LogP contribution in [0.4, 0.5) is 15.9 Å². The quantitative estimate of drug-likeness (QED) is 0.227. The lowest BCUT2D eigenvalue weighted by atomic mass is 9.98. The third kappa shape index (κ3) is 4.63. The number of fused-ring (bicyclic) bond motifs is 2. The number of nitrogens with one attached hydrogen (secondary N) is 2. The van der Waals surface area contributed by atoms with E-state index < -0.39 is 21.7 Å². The van der Waals surface area contributed by atoms with E-state index in [9.17, 15) is 17.6 Å². The molecule has 0 fully saturated rings. The van der Waals surface area contributed by atoms with Gasteiger partial charge in [-0.25, -0.2) is 17.8 Å². The standard InChI is InChI=1S/C31H26FN5O4S/c1-34-31(38)28-23-14-21(19-12-22(30(33)35-16-19)25-13-18-6-4-5-7-24(18)36-25)26(37(2)42(3,39)40)15-27(23)41-29(28)17-8-10-20(32)11-9-17/h4-16,36H,1-3H3,(H2,33,35)(H,34,38). The Morgan fingerprint density at radius 1 is 1.02 bits per heavy atom. The van der Waals surface area contributed by atoms with Crippen molar-refractivity contribution in [3.63, 3.8) is 0 Å². The number of nitrogen functional groups attached to an aromatic ring is 1. The first-order valence-electron chi connectivity index (χ1n) is 12.9. The van der Waals surface area contributed by atoms with Gasteiger partial charge < -0.3 is 20.5 Å². The second-order valence-electron chi connectivity index (χ2n) is 9.92. The van der Waals surface area contributed by atoms with E-state index >= 15 is 0 Å². The first-order valence-corrected chi connectivity index (χ1v) is 14.8. The molecule has 42 heavy (non-hydrogen) atoms. The number of rotatable bonds is 6. The predicted octanol–water partition coefficient (Wildman–Crippen LogP) is 5.79. The van der Waals surface area contributed by atoms with Crippen LogP contribution in [0.5, 0.6) is 0 Å². The van der Waals surface area contributed by atoms with Gasteiger partial charge in [-0.3, -0.25) is 9.10 Å². The molecule has 1 amide bonds. The third-order valence-corrected chi connectivity index (χ3v) is 8.44. The van der Waals surface area contributed by atoms with E-state index in [1.54, 1.807) is 18.3 Å². The summed E-state index contributed by atoms with van der Waals surface area (Å²) in [4.78, 5) is 20.9. The molecular formula is C31H26FN5O4S. The monoisotopic (exact) mass is 583 g/mol. The number of sulfonamides is 1. The van der Waals surface area contributed by atoms with Crippen LogP contribution in [0.2, 0.25) is 0 Å². The zero-order valence-corrected chi connectivity index (χ0v) is 23.7. The average molecular weight is 584 g/mol. The van der Waals surface area contributed by atoms with Gasteiger partial charge in [0.1, 0.15) is 23.0 Å². The highest BCUT2D eigenvalue weighted by Crippen LogP contribution is 2.42. The fourth-order valence-corrected chi connectivity index (χ4v) is 5.52. The highest BCUT2D eigenvalue weighted by Gasteiger charge is 2.26. The van der Waals surface area contributed by atoms with Gasteiger partial charge in [0.25, 0.3) is 5.91 Å². The van der Waals surface area contributed by atoms with E-state index in [0.29, 0.717) is 33.3 Å². The number of nitrogens with two attached hydrogens (primary N) is 1. The molecule has 4 N–H and O–H groups in total. The molecule has 0 aliphatic heterocycles. The molecule has 6 rings (SSSR count). The minimum atomic E-state index is -3.70. The Bertz CT molecular complexity index is 2080. The van der Waals surface area contributed by atoms with Crippen LogP contribution >= 0.6 is 0 Å². The van der Waals surface area contributed by atoms with Crippen molar-refractivity contribution in [3.8, 4) is 33.7 Å². The summed E-state index contributed by atoms with van der Waals surface area (Å²) in [5.41, 5.74) is 11.0. The Morgan fingerprint density at radius 2 is 1.76 bits per heavy atom. The van der Waals surface area contributed by atoms with Crippen molar-refractivity contribution in [2.75, 3.05) is 30.4 Å². The highest BCUT2D eigenvalue weighted by atomic mass is 32.2. The molecule has 9 nitrogen and oxygen atoms in total. The summed E-state index contributed by atoms with van der Waals surface area (Å²) >= 11 is 0. The fraction of sp³-hybridized carbons (Fsp3) is 0.0968. The van der Waals surface area contributed by atoms with Crippen molar-refractivity contribution >= 4 is 49.3 Å². The topological polar surface area (TPSA) is 134 Å². The number of pyridine rings is 1. The van der Waals surface area contributed by atoms with E-state index in [-0.39, 0.29) is 22.7 Å². The summed E-state index contributed by atoms with van der Waals surface area (Å²) in [6.45, 7) is 0. The van der Waals surface area contributed by atoms with E-state index in [0.717, 1.165) is 27.2 Å². The third-order valence-electron chi connectivity index (χ3n) is 7.25. The van der Waals surface area contributed by atoms with Gasteiger partial charge in [-0.15, -0.1) is 0 Å².